The van der Waals surface area contributed by atoms with Crippen LogP contribution in [0.3, 0.4) is 0 Å². The lowest BCUT2D eigenvalue weighted by Crippen LogP contribution is -2.24. The zero-order valence-electron chi connectivity index (χ0n) is 11.8. The molecule has 2 atom stereocenters. The molecule has 2 aromatic carbocycles. The van der Waals surface area contributed by atoms with Gasteiger partial charge in [-0.05, 0) is 37.1 Å². The number of rotatable bonds is 5. The number of nitrogens with one attached hydrogen (secondary N) is 1. The van der Waals surface area contributed by atoms with Gasteiger partial charge < -0.3 is 10.4 Å². The molecule has 0 spiro atoms. The van der Waals surface area contributed by atoms with Crippen LogP contribution in [0.25, 0.3) is 0 Å². The zero-order chi connectivity index (χ0) is 14.5. The van der Waals surface area contributed by atoms with Gasteiger partial charge in [-0.3, -0.25) is 0 Å². The SMILES string of the molecule is Cc1cccc(C(C)NCC(O)c2ccc(F)cc2)c1. The van der Waals surface area contributed by atoms with Crippen LogP contribution in [0.5, 0.6) is 0 Å². The van der Waals surface area contributed by atoms with Gasteiger partial charge in [-0.25, -0.2) is 4.39 Å². The maximum Gasteiger partial charge on any atom is 0.123 e. The molecule has 2 aromatic rings. The van der Waals surface area contributed by atoms with Gasteiger partial charge in [-0.1, -0.05) is 42.0 Å². The molecule has 0 aliphatic heterocycles. The van der Waals surface area contributed by atoms with E-state index >= 15 is 0 Å². The summed E-state index contributed by atoms with van der Waals surface area (Å²) in [7, 11) is 0. The summed E-state index contributed by atoms with van der Waals surface area (Å²) < 4.78 is 12.8. The molecule has 0 aliphatic rings. The van der Waals surface area contributed by atoms with E-state index in [0.717, 1.165) is 5.56 Å². The Labute approximate surface area is 119 Å². The molecule has 0 radical (unpaired) electrons. The van der Waals surface area contributed by atoms with Crippen LogP contribution < -0.4 is 5.32 Å². The van der Waals surface area contributed by atoms with Gasteiger partial charge in [0.05, 0.1) is 6.10 Å². The van der Waals surface area contributed by atoms with Crippen molar-refractivity contribution in [3.05, 3.63) is 71.0 Å². The highest BCUT2D eigenvalue weighted by Crippen LogP contribution is 2.17. The fraction of sp³-hybridized carbons (Fsp3) is 0.294. The molecule has 0 fully saturated rings. The molecule has 0 saturated heterocycles. The molecule has 0 saturated carbocycles. The Morgan fingerprint density at radius 3 is 2.45 bits per heavy atom. The molecule has 106 valence electrons. The Morgan fingerprint density at radius 1 is 1.10 bits per heavy atom. The molecule has 20 heavy (non-hydrogen) atoms. The molecule has 2 N–H and O–H groups in total. The molecule has 0 heterocycles. The van der Waals surface area contributed by atoms with Crippen molar-refractivity contribution >= 4 is 0 Å². The normalized spacial score (nSPS) is 14.0. The maximum absolute atomic E-state index is 12.8. The molecular formula is C17H20FNO. The standard InChI is InChI=1S/C17H20FNO/c1-12-4-3-5-15(10-12)13(2)19-11-17(20)14-6-8-16(18)9-7-14/h3-10,13,17,19-20H,11H2,1-2H3. The van der Waals surface area contributed by atoms with E-state index in [9.17, 15) is 9.50 Å². The summed E-state index contributed by atoms with van der Waals surface area (Å²) in [5, 5.41) is 13.4. The minimum atomic E-state index is -0.636. The summed E-state index contributed by atoms with van der Waals surface area (Å²) >= 11 is 0. The maximum atomic E-state index is 12.8. The lowest BCUT2D eigenvalue weighted by atomic mass is 10.0. The van der Waals surface area contributed by atoms with Crippen molar-refractivity contribution in [1.29, 1.82) is 0 Å². The number of aliphatic hydroxyl groups excluding tert-OH is 1. The Hall–Kier alpha value is -1.71. The summed E-state index contributed by atoms with van der Waals surface area (Å²) in [5.41, 5.74) is 3.13. The van der Waals surface area contributed by atoms with Crippen LogP contribution in [0.4, 0.5) is 4.39 Å². The zero-order valence-corrected chi connectivity index (χ0v) is 11.8. The molecule has 2 rings (SSSR count). The average molecular weight is 273 g/mol. The first-order valence-electron chi connectivity index (χ1n) is 6.80. The van der Waals surface area contributed by atoms with E-state index in [1.165, 1.54) is 23.3 Å². The van der Waals surface area contributed by atoms with Crippen molar-refractivity contribution in [3.63, 3.8) is 0 Å². The fourth-order valence-corrected chi connectivity index (χ4v) is 2.15. The van der Waals surface area contributed by atoms with Crippen LogP contribution in [0.1, 0.15) is 35.8 Å². The van der Waals surface area contributed by atoms with Gasteiger partial charge >= 0.3 is 0 Å². The molecular weight excluding hydrogens is 253 g/mol. The van der Waals surface area contributed by atoms with E-state index < -0.39 is 6.10 Å². The third-order valence-corrected chi connectivity index (χ3v) is 3.41. The summed E-state index contributed by atoms with van der Waals surface area (Å²) in [6, 6.07) is 14.4. The number of hydrogen-bond acceptors (Lipinski definition) is 2. The highest BCUT2D eigenvalue weighted by Gasteiger charge is 2.10. The number of hydrogen-bond donors (Lipinski definition) is 2. The Balaban J connectivity index is 1.93. The van der Waals surface area contributed by atoms with Crippen LogP contribution in [-0.4, -0.2) is 11.7 Å². The molecule has 0 amide bonds. The van der Waals surface area contributed by atoms with Crippen LogP contribution >= 0.6 is 0 Å². The van der Waals surface area contributed by atoms with Crippen molar-refractivity contribution in [2.24, 2.45) is 0 Å². The number of aliphatic hydroxyl groups is 1. The van der Waals surface area contributed by atoms with Crippen LogP contribution in [0.15, 0.2) is 48.5 Å². The Bertz CT molecular complexity index is 553. The second-order valence-electron chi connectivity index (χ2n) is 5.11. The fourth-order valence-electron chi connectivity index (χ4n) is 2.15. The second-order valence-corrected chi connectivity index (χ2v) is 5.11. The third-order valence-electron chi connectivity index (χ3n) is 3.41. The summed E-state index contributed by atoms with van der Waals surface area (Å²) in [6.45, 7) is 4.55. The van der Waals surface area contributed by atoms with Gasteiger partial charge in [-0.2, -0.15) is 0 Å². The molecule has 0 aromatic heterocycles. The first-order chi connectivity index (χ1) is 9.56. The van der Waals surface area contributed by atoms with E-state index in [0.29, 0.717) is 6.54 Å². The van der Waals surface area contributed by atoms with Crippen LogP contribution in [0.2, 0.25) is 0 Å². The van der Waals surface area contributed by atoms with E-state index in [-0.39, 0.29) is 11.9 Å². The molecule has 0 aliphatic carbocycles. The van der Waals surface area contributed by atoms with Gasteiger partial charge in [0.25, 0.3) is 0 Å². The number of halogens is 1. The summed E-state index contributed by atoms with van der Waals surface area (Å²) in [5.74, 6) is -0.290. The monoisotopic (exact) mass is 273 g/mol. The third kappa shape index (κ3) is 3.89. The van der Waals surface area contributed by atoms with Gasteiger partial charge in [-0.15, -0.1) is 0 Å². The van der Waals surface area contributed by atoms with E-state index in [2.05, 4.69) is 37.4 Å². The largest absolute Gasteiger partial charge is 0.387 e. The van der Waals surface area contributed by atoms with Crippen molar-refractivity contribution in [2.75, 3.05) is 6.54 Å². The highest BCUT2D eigenvalue weighted by molar-refractivity contribution is 5.25. The number of benzene rings is 2. The topological polar surface area (TPSA) is 32.3 Å². The Kier molecular flexibility index (Phi) is 4.88. The summed E-state index contributed by atoms with van der Waals surface area (Å²) in [6.07, 6.45) is -0.636. The van der Waals surface area contributed by atoms with Crippen molar-refractivity contribution in [3.8, 4) is 0 Å². The average Bonchev–Trinajstić information content (AvgIpc) is 2.45. The minimum absolute atomic E-state index is 0.157. The molecule has 3 heteroatoms. The van der Waals surface area contributed by atoms with Crippen molar-refractivity contribution in [1.82, 2.24) is 5.32 Å². The van der Waals surface area contributed by atoms with Crippen LogP contribution in [0, 0.1) is 12.7 Å². The predicted molar refractivity (Wildman–Crippen MR) is 79.0 cm³/mol. The molecule has 2 unspecified atom stereocenters. The summed E-state index contributed by atoms with van der Waals surface area (Å²) in [4.78, 5) is 0. The lowest BCUT2D eigenvalue weighted by Gasteiger charge is -2.18. The van der Waals surface area contributed by atoms with Gasteiger partial charge in [0, 0.05) is 12.6 Å². The quantitative estimate of drug-likeness (QED) is 0.873. The molecule has 2 nitrogen and oxygen atoms in total. The van der Waals surface area contributed by atoms with Gasteiger partial charge in [0.2, 0.25) is 0 Å². The van der Waals surface area contributed by atoms with Gasteiger partial charge in [0.15, 0.2) is 0 Å². The first-order valence-corrected chi connectivity index (χ1v) is 6.80. The van der Waals surface area contributed by atoms with E-state index in [1.807, 2.05) is 6.07 Å². The van der Waals surface area contributed by atoms with Crippen LogP contribution in [-0.2, 0) is 0 Å². The van der Waals surface area contributed by atoms with Crippen molar-refractivity contribution < 1.29 is 9.50 Å². The van der Waals surface area contributed by atoms with Crippen molar-refractivity contribution in [2.45, 2.75) is 26.0 Å². The molecule has 0 bridgehead atoms. The minimum Gasteiger partial charge on any atom is -0.387 e. The van der Waals surface area contributed by atoms with E-state index in [4.69, 9.17) is 0 Å². The first kappa shape index (κ1) is 14.7. The predicted octanol–water partition coefficient (Wildman–Crippen LogP) is 3.52. The highest BCUT2D eigenvalue weighted by atomic mass is 19.1. The lowest BCUT2D eigenvalue weighted by molar-refractivity contribution is 0.170. The smallest absolute Gasteiger partial charge is 0.123 e. The van der Waals surface area contributed by atoms with Gasteiger partial charge in [0.1, 0.15) is 5.82 Å². The number of aryl methyl sites for hydroxylation is 1. The second kappa shape index (κ2) is 6.64. The Morgan fingerprint density at radius 2 is 1.80 bits per heavy atom. The van der Waals surface area contributed by atoms with E-state index in [1.54, 1.807) is 12.1 Å².